The van der Waals surface area contributed by atoms with Crippen LogP contribution in [0.1, 0.15) is 38.5 Å². The van der Waals surface area contributed by atoms with Gasteiger partial charge in [0.25, 0.3) is 0 Å². The normalized spacial score (nSPS) is 22.1. The van der Waals surface area contributed by atoms with E-state index in [-0.39, 0.29) is 0 Å². The lowest BCUT2D eigenvalue weighted by Gasteiger charge is -2.22. The number of rotatable bonds is 3. The van der Waals surface area contributed by atoms with Gasteiger partial charge in [0.05, 0.1) is 5.25 Å². The van der Waals surface area contributed by atoms with Crippen LogP contribution in [0, 0.1) is 5.92 Å². The molecule has 0 unspecified atom stereocenters. The Morgan fingerprint density at radius 2 is 2.00 bits per heavy atom. The van der Waals surface area contributed by atoms with Crippen LogP contribution in [0.15, 0.2) is 0 Å². The Hall–Kier alpha value is -0.180. The van der Waals surface area contributed by atoms with Gasteiger partial charge in [-0.25, -0.2) is 0 Å². The average molecular weight is 188 g/mol. The van der Waals surface area contributed by atoms with Crippen molar-refractivity contribution >= 4 is 18.6 Å². The highest BCUT2D eigenvalue weighted by Gasteiger charge is 2.20. The third kappa shape index (κ3) is 3.05. The smallest absolute Gasteiger partial charge is 0.316 e. The summed E-state index contributed by atoms with van der Waals surface area (Å²) in [7, 11) is 0. The fraction of sp³-hybridized carbons (Fsp3) is 0.889. The van der Waals surface area contributed by atoms with E-state index in [4.69, 9.17) is 5.11 Å². The minimum Gasteiger partial charge on any atom is -0.480 e. The lowest BCUT2D eigenvalue weighted by Crippen LogP contribution is -2.19. The van der Waals surface area contributed by atoms with Gasteiger partial charge in [0.2, 0.25) is 0 Å². The van der Waals surface area contributed by atoms with Gasteiger partial charge in [-0.05, 0) is 12.3 Å². The molecule has 0 spiro atoms. The predicted octanol–water partition coefficient (Wildman–Crippen LogP) is 2.34. The second kappa shape index (κ2) is 4.75. The van der Waals surface area contributed by atoms with Crippen molar-refractivity contribution in [1.29, 1.82) is 0 Å². The molecule has 1 rings (SSSR count). The number of thiol groups is 1. The molecule has 0 aromatic rings. The number of carbonyl (C=O) groups is 1. The molecule has 0 aromatic heterocycles. The van der Waals surface area contributed by atoms with Crippen molar-refractivity contribution in [3.8, 4) is 0 Å². The lowest BCUT2D eigenvalue weighted by molar-refractivity contribution is -0.136. The maximum absolute atomic E-state index is 10.5. The molecule has 2 nitrogen and oxygen atoms in total. The van der Waals surface area contributed by atoms with E-state index >= 15 is 0 Å². The van der Waals surface area contributed by atoms with E-state index < -0.39 is 11.2 Å². The summed E-state index contributed by atoms with van der Waals surface area (Å²) in [6.45, 7) is 0. The largest absolute Gasteiger partial charge is 0.480 e. The first-order valence-corrected chi connectivity index (χ1v) is 5.12. The van der Waals surface area contributed by atoms with Gasteiger partial charge >= 0.3 is 5.97 Å². The number of carboxylic acid groups (broad SMARTS) is 1. The molecule has 70 valence electrons. The maximum atomic E-state index is 10.5. The zero-order valence-corrected chi connectivity index (χ0v) is 8.09. The number of aliphatic carboxylic acids is 1. The lowest BCUT2D eigenvalue weighted by atomic mass is 9.86. The Kier molecular flexibility index (Phi) is 3.92. The molecule has 0 aromatic carbocycles. The summed E-state index contributed by atoms with van der Waals surface area (Å²) in [4.78, 5) is 10.5. The van der Waals surface area contributed by atoms with Crippen molar-refractivity contribution in [3.05, 3.63) is 0 Å². The third-order valence-electron chi connectivity index (χ3n) is 2.57. The number of hydrogen-bond acceptors (Lipinski definition) is 2. The summed E-state index contributed by atoms with van der Waals surface area (Å²) in [5.74, 6) is -0.166. The Labute approximate surface area is 78.8 Å². The molecule has 1 atom stereocenters. The SMILES string of the molecule is O=C(O)[C@H](S)CC1CCCCC1. The van der Waals surface area contributed by atoms with E-state index in [9.17, 15) is 4.79 Å². The monoisotopic (exact) mass is 188 g/mol. The van der Waals surface area contributed by atoms with E-state index in [0.29, 0.717) is 5.92 Å². The highest BCUT2D eigenvalue weighted by Crippen LogP contribution is 2.28. The van der Waals surface area contributed by atoms with Crippen LogP contribution in [0.25, 0.3) is 0 Å². The molecule has 0 radical (unpaired) electrons. The number of carboxylic acids is 1. The first-order chi connectivity index (χ1) is 5.70. The van der Waals surface area contributed by atoms with Gasteiger partial charge in [-0.15, -0.1) is 0 Å². The number of hydrogen-bond donors (Lipinski definition) is 2. The molecule has 0 aliphatic heterocycles. The zero-order chi connectivity index (χ0) is 8.97. The molecule has 0 heterocycles. The van der Waals surface area contributed by atoms with Gasteiger partial charge in [-0.2, -0.15) is 12.6 Å². The summed E-state index contributed by atoms with van der Waals surface area (Å²) >= 11 is 4.04. The van der Waals surface area contributed by atoms with E-state index in [2.05, 4.69) is 12.6 Å². The second-order valence-corrected chi connectivity index (χ2v) is 4.22. The van der Waals surface area contributed by atoms with Crippen molar-refractivity contribution < 1.29 is 9.90 Å². The van der Waals surface area contributed by atoms with E-state index in [1.54, 1.807) is 0 Å². The predicted molar refractivity (Wildman–Crippen MR) is 51.6 cm³/mol. The summed E-state index contributed by atoms with van der Waals surface area (Å²) in [5.41, 5.74) is 0. The third-order valence-corrected chi connectivity index (χ3v) is 3.00. The van der Waals surface area contributed by atoms with Crippen LogP contribution >= 0.6 is 12.6 Å². The maximum Gasteiger partial charge on any atom is 0.316 e. The highest BCUT2D eigenvalue weighted by atomic mass is 32.1. The fourth-order valence-corrected chi connectivity index (χ4v) is 2.14. The van der Waals surface area contributed by atoms with Gasteiger partial charge < -0.3 is 5.11 Å². The second-order valence-electron chi connectivity index (χ2n) is 3.59. The molecule has 12 heavy (non-hydrogen) atoms. The first kappa shape index (κ1) is 9.90. The van der Waals surface area contributed by atoms with E-state index in [1.807, 2.05) is 0 Å². The van der Waals surface area contributed by atoms with Gasteiger partial charge in [0.15, 0.2) is 0 Å². The molecule has 1 fully saturated rings. The van der Waals surface area contributed by atoms with Gasteiger partial charge in [-0.3, -0.25) is 4.79 Å². The van der Waals surface area contributed by atoms with E-state index in [0.717, 1.165) is 6.42 Å². The van der Waals surface area contributed by atoms with Crippen LogP contribution in [-0.2, 0) is 4.79 Å². The molecule has 1 saturated carbocycles. The summed E-state index contributed by atoms with van der Waals surface area (Å²) < 4.78 is 0. The minimum atomic E-state index is -0.774. The molecule has 1 N–H and O–H groups in total. The fourth-order valence-electron chi connectivity index (χ4n) is 1.84. The van der Waals surface area contributed by atoms with Gasteiger partial charge in [0, 0.05) is 0 Å². The molecular formula is C9H16O2S. The highest BCUT2D eigenvalue weighted by molar-refractivity contribution is 7.81. The van der Waals surface area contributed by atoms with Crippen molar-refractivity contribution in [3.63, 3.8) is 0 Å². The molecule has 1 aliphatic carbocycles. The van der Waals surface area contributed by atoms with E-state index in [1.165, 1.54) is 32.1 Å². The summed E-state index contributed by atoms with van der Waals surface area (Å²) in [6, 6.07) is 0. The molecule has 3 heteroatoms. The van der Waals surface area contributed by atoms with Crippen LogP contribution in [0.2, 0.25) is 0 Å². The average Bonchev–Trinajstić information content (AvgIpc) is 2.06. The first-order valence-electron chi connectivity index (χ1n) is 4.61. The quantitative estimate of drug-likeness (QED) is 0.667. The standard InChI is InChI=1S/C9H16O2S/c10-9(11)8(12)6-7-4-2-1-3-5-7/h7-8,12H,1-6H2,(H,10,11)/t8-/m1/s1. The van der Waals surface area contributed by atoms with Crippen molar-refractivity contribution in [2.45, 2.75) is 43.8 Å². The van der Waals surface area contributed by atoms with Gasteiger partial charge in [-0.1, -0.05) is 32.1 Å². The molecule has 1 aliphatic rings. The molecule has 0 saturated heterocycles. The zero-order valence-electron chi connectivity index (χ0n) is 7.20. The van der Waals surface area contributed by atoms with Crippen LogP contribution in [0.5, 0.6) is 0 Å². The molecular weight excluding hydrogens is 172 g/mol. The van der Waals surface area contributed by atoms with Crippen molar-refractivity contribution in [2.75, 3.05) is 0 Å². The Morgan fingerprint density at radius 1 is 1.42 bits per heavy atom. The van der Waals surface area contributed by atoms with Crippen LogP contribution in [0.4, 0.5) is 0 Å². The summed E-state index contributed by atoms with van der Waals surface area (Å²) in [5, 5.41) is 8.19. The van der Waals surface area contributed by atoms with Crippen molar-refractivity contribution in [1.82, 2.24) is 0 Å². The summed E-state index contributed by atoms with van der Waals surface area (Å²) in [6.07, 6.45) is 7.00. The Bertz CT molecular complexity index is 153. The Morgan fingerprint density at radius 3 is 2.50 bits per heavy atom. The Balaban J connectivity index is 2.24. The molecule has 0 bridgehead atoms. The van der Waals surface area contributed by atoms with Crippen LogP contribution < -0.4 is 0 Å². The molecule has 0 amide bonds. The van der Waals surface area contributed by atoms with Crippen LogP contribution in [-0.4, -0.2) is 16.3 Å². The van der Waals surface area contributed by atoms with Crippen LogP contribution in [0.3, 0.4) is 0 Å². The minimum absolute atomic E-state index is 0.451. The van der Waals surface area contributed by atoms with Crippen molar-refractivity contribution in [2.24, 2.45) is 5.92 Å². The van der Waals surface area contributed by atoms with Gasteiger partial charge in [0.1, 0.15) is 0 Å². The topological polar surface area (TPSA) is 37.3 Å².